The van der Waals surface area contributed by atoms with E-state index in [-0.39, 0.29) is 22.9 Å². The van der Waals surface area contributed by atoms with Crippen molar-refractivity contribution < 1.29 is 23.1 Å². The number of rotatable bonds is 3. The normalized spacial score (nSPS) is 27.7. The van der Waals surface area contributed by atoms with E-state index in [1.807, 2.05) is 0 Å². The fourth-order valence-electron chi connectivity index (χ4n) is 2.83. The Kier molecular flexibility index (Phi) is 4.31. The molecule has 1 aromatic carbocycles. The highest BCUT2D eigenvalue weighted by atomic mass is 32.2. The third-order valence-corrected chi connectivity index (χ3v) is 5.73. The first-order valence-electron chi connectivity index (χ1n) is 7.67. The maximum atomic E-state index is 12.5. The second-order valence-corrected chi connectivity index (χ2v) is 7.75. The molecule has 0 spiro atoms. The van der Waals surface area contributed by atoms with E-state index in [1.54, 1.807) is 6.92 Å². The molecule has 1 aliphatic heterocycles. The van der Waals surface area contributed by atoms with Crippen LogP contribution in [0.25, 0.3) is 0 Å². The molecule has 2 aliphatic rings. The number of sulfonamides is 1. The molecule has 3 rings (SSSR count). The van der Waals surface area contributed by atoms with Crippen molar-refractivity contribution in [3.05, 3.63) is 18.2 Å². The molecule has 0 bridgehead atoms. The SMILES string of the molecule is C[C@@H]1Oc2cc(S(=O)(=O)NC3CCC(O)CC3)ccc2NC1=O. The van der Waals surface area contributed by atoms with Gasteiger partial charge in [-0.25, -0.2) is 13.1 Å². The van der Waals surface area contributed by atoms with Gasteiger partial charge in [0.1, 0.15) is 5.75 Å². The Morgan fingerprint density at radius 2 is 1.96 bits per heavy atom. The van der Waals surface area contributed by atoms with E-state index >= 15 is 0 Å². The number of hydrogen-bond acceptors (Lipinski definition) is 5. The zero-order chi connectivity index (χ0) is 16.6. The van der Waals surface area contributed by atoms with Crippen LogP contribution < -0.4 is 14.8 Å². The second-order valence-electron chi connectivity index (χ2n) is 6.03. The minimum absolute atomic E-state index is 0.103. The number of fused-ring (bicyclic) bond motifs is 1. The van der Waals surface area contributed by atoms with Crippen LogP contribution in [-0.4, -0.2) is 37.7 Å². The van der Waals surface area contributed by atoms with Crippen LogP contribution >= 0.6 is 0 Å². The van der Waals surface area contributed by atoms with Gasteiger partial charge in [0.25, 0.3) is 5.91 Å². The minimum Gasteiger partial charge on any atom is -0.479 e. The Morgan fingerprint density at radius 3 is 2.65 bits per heavy atom. The highest BCUT2D eigenvalue weighted by Crippen LogP contribution is 2.32. The highest BCUT2D eigenvalue weighted by Gasteiger charge is 2.28. The smallest absolute Gasteiger partial charge is 0.265 e. The van der Waals surface area contributed by atoms with Gasteiger partial charge in [-0.15, -0.1) is 0 Å². The number of carbonyl (C=O) groups is 1. The summed E-state index contributed by atoms with van der Waals surface area (Å²) in [5.74, 6) is 0.0889. The van der Waals surface area contributed by atoms with Crippen LogP contribution in [0.1, 0.15) is 32.6 Å². The number of amides is 1. The van der Waals surface area contributed by atoms with E-state index in [1.165, 1.54) is 18.2 Å². The number of aliphatic hydroxyl groups is 1. The molecular formula is C15H20N2O5S. The molecule has 1 aromatic rings. The molecule has 1 saturated carbocycles. The zero-order valence-electron chi connectivity index (χ0n) is 12.8. The Bertz CT molecular complexity index is 711. The monoisotopic (exact) mass is 340 g/mol. The fourth-order valence-corrected chi connectivity index (χ4v) is 4.15. The molecule has 0 radical (unpaired) electrons. The Labute approximate surface area is 135 Å². The average molecular weight is 340 g/mol. The molecule has 0 aromatic heterocycles. The molecule has 1 atom stereocenters. The number of aliphatic hydroxyl groups excluding tert-OH is 1. The lowest BCUT2D eigenvalue weighted by atomic mass is 9.94. The number of nitrogens with one attached hydrogen (secondary N) is 2. The number of carbonyl (C=O) groups excluding carboxylic acids is 1. The highest BCUT2D eigenvalue weighted by molar-refractivity contribution is 7.89. The first-order valence-corrected chi connectivity index (χ1v) is 9.15. The van der Waals surface area contributed by atoms with Crippen molar-refractivity contribution in [2.45, 2.75) is 55.8 Å². The molecule has 1 fully saturated rings. The van der Waals surface area contributed by atoms with E-state index in [2.05, 4.69) is 10.0 Å². The molecule has 0 unspecified atom stereocenters. The van der Waals surface area contributed by atoms with Crippen molar-refractivity contribution in [2.24, 2.45) is 0 Å². The summed E-state index contributed by atoms with van der Waals surface area (Å²) < 4.78 is 33.1. The van der Waals surface area contributed by atoms with Crippen LogP contribution in [0.15, 0.2) is 23.1 Å². The van der Waals surface area contributed by atoms with Crippen molar-refractivity contribution in [3.8, 4) is 5.75 Å². The molecule has 126 valence electrons. The minimum atomic E-state index is -3.67. The fraction of sp³-hybridized carbons (Fsp3) is 0.533. The van der Waals surface area contributed by atoms with Crippen molar-refractivity contribution in [1.82, 2.24) is 4.72 Å². The molecule has 1 heterocycles. The van der Waals surface area contributed by atoms with Gasteiger partial charge in [-0.3, -0.25) is 4.79 Å². The van der Waals surface area contributed by atoms with Gasteiger partial charge in [-0.1, -0.05) is 0 Å². The zero-order valence-corrected chi connectivity index (χ0v) is 13.6. The summed E-state index contributed by atoms with van der Waals surface area (Å²) in [6.45, 7) is 1.60. The van der Waals surface area contributed by atoms with E-state index in [0.717, 1.165) is 0 Å². The van der Waals surface area contributed by atoms with Crippen LogP contribution in [-0.2, 0) is 14.8 Å². The van der Waals surface area contributed by atoms with Gasteiger partial charge in [-0.2, -0.15) is 0 Å². The van der Waals surface area contributed by atoms with Crippen LogP contribution in [0.4, 0.5) is 5.69 Å². The first-order chi connectivity index (χ1) is 10.8. The summed E-state index contributed by atoms with van der Waals surface area (Å²) in [6.07, 6.45) is 1.45. The van der Waals surface area contributed by atoms with Crippen molar-refractivity contribution in [1.29, 1.82) is 0 Å². The van der Waals surface area contributed by atoms with Gasteiger partial charge in [0.05, 0.1) is 16.7 Å². The van der Waals surface area contributed by atoms with Gasteiger partial charge >= 0.3 is 0 Å². The molecule has 8 heteroatoms. The summed E-state index contributed by atoms with van der Waals surface area (Å²) in [5.41, 5.74) is 0.466. The predicted molar refractivity (Wildman–Crippen MR) is 83.7 cm³/mol. The first kappa shape index (κ1) is 16.2. The molecule has 1 amide bonds. The lowest BCUT2D eigenvalue weighted by Gasteiger charge is -2.26. The van der Waals surface area contributed by atoms with Gasteiger partial charge in [-0.05, 0) is 44.7 Å². The molecule has 23 heavy (non-hydrogen) atoms. The Hall–Kier alpha value is -1.64. The van der Waals surface area contributed by atoms with Crippen LogP contribution in [0, 0.1) is 0 Å². The second kappa shape index (κ2) is 6.10. The Balaban J connectivity index is 1.78. The Morgan fingerprint density at radius 1 is 1.26 bits per heavy atom. The molecule has 1 aliphatic carbocycles. The number of hydrogen-bond donors (Lipinski definition) is 3. The lowest BCUT2D eigenvalue weighted by molar-refractivity contribution is -0.122. The van der Waals surface area contributed by atoms with Gasteiger partial charge in [0.2, 0.25) is 10.0 Å². The maximum Gasteiger partial charge on any atom is 0.265 e. The van der Waals surface area contributed by atoms with Crippen molar-refractivity contribution in [3.63, 3.8) is 0 Å². The predicted octanol–water partition coefficient (Wildman–Crippen LogP) is 0.988. The van der Waals surface area contributed by atoms with Gasteiger partial charge in [0, 0.05) is 12.1 Å². The molecule has 3 N–H and O–H groups in total. The largest absolute Gasteiger partial charge is 0.479 e. The molecular weight excluding hydrogens is 320 g/mol. The number of benzene rings is 1. The van der Waals surface area contributed by atoms with E-state index in [9.17, 15) is 18.3 Å². The number of anilines is 1. The molecule has 7 nitrogen and oxygen atoms in total. The van der Waals surface area contributed by atoms with Crippen LogP contribution in [0.2, 0.25) is 0 Å². The number of ether oxygens (including phenoxy) is 1. The third-order valence-electron chi connectivity index (χ3n) is 4.21. The van der Waals surface area contributed by atoms with Crippen LogP contribution in [0.3, 0.4) is 0 Å². The van der Waals surface area contributed by atoms with Crippen LogP contribution in [0.5, 0.6) is 5.75 Å². The quantitative estimate of drug-likeness (QED) is 0.761. The van der Waals surface area contributed by atoms with Gasteiger partial charge < -0.3 is 15.2 Å². The summed E-state index contributed by atoms with van der Waals surface area (Å²) in [4.78, 5) is 11.6. The van der Waals surface area contributed by atoms with E-state index in [4.69, 9.17) is 4.74 Å². The summed E-state index contributed by atoms with van der Waals surface area (Å²) in [5, 5.41) is 12.2. The lowest BCUT2D eigenvalue weighted by Crippen LogP contribution is -2.38. The standard InChI is InChI=1S/C15H20N2O5S/c1-9-15(19)16-13-7-6-12(8-14(13)22-9)23(20,21)17-10-2-4-11(18)5-3-10/h6-11,17-18H,2-5H2,1H3,(H,16,19)/t9-,10?,11?/m0/s1. The third kappa shape index (κ3) is 3.49. The van der Waals surface area contributed by atoms with Crippen molar-refractivity contribution in [2.75, 3.05) is 5.32 Å². The average Bonchev–Trinajstić information content (AvgIpc) is 2.50. The summed E-state index contributed by atoms with van der Waals surface area (Å²) in [6, 6.07) is 4.22. The van der Waals surface area contributed by atoms with Gasteiger partial charge in [0.15, 0.2) is 6.10 Å². The summed E-state index contributed by atoms with van der Waals surface area (Å²) >= 11 is 0. The molecule has 0 saturated heterocycles. The van der Waals surface area contributed by atoms with E-state index in [0.29, 0.717) is 37.1 Å². The van der Waals surface area contributed by atoms with Crippen molar-refractivity contribution >= 4 is 21.6 Å². The summed E-state index contributed by atoms with van der Waals surface area (Å²) in [7, 11) is -3.67. The maximum absolute atomic E-state index is 12.5. The topological polar surface area (TPSA) is 105 Å². The van der Waals surface area contributed by atoms with E-state index < -0.39 is 16.1 Å².